The summed E-state index contributed by atoms with van der Waals surface area (Å²) in [4.78, 5) is 0. The maximum absolute atomic E-state index is 6.81. The Morgan fingerprint density at radius 2 is 1.09 bits per heavy atom. The Bertz CT molecular complexity index is 2620. The van der Waals surface area contributed by atoms with E-state index in [0.29, 0.717) is 0 Å². The normalized spacial score (nSPS) is 13.9. The SMILES string of the molecule is CC1(C)c2ccccc2-c2cc3oc4c(-c5ccc6ccc7c(-c8ccccc8)ccc8ccc5c6c87)cccc4c3cc21. The molecule has 1 heteroatoms. The van der Waals surface area contributed by atoms with E-state index < -0.39 is 0 Å². The smallest absolute Gasteiger partial charge is 0.143 e. The van der Waals surface area contributed by atoms with Crippen LogP contribution in [0.4, 0.5) is 0 Å². The summed E-state index contributed by atoms with van der Waals surface area (Å²) in [6.07, 6.45) is 0. The maximum Gasteiger partial charge on any atom is 0.143 e. The van der Waals surface area contributed by atoms with Gasteiger partial charge in [-0.1, -0.05) is 135 Å². The number of para-hydroxylation sites is 1. The zero-order valence-corrected chi connectivity index (χ0v) is 24.6. The average Bonchev–Trinajstić information content (AvgIpc) is 3.54. The van der Waals surface area contributed by atoms with Crippen molar-refractivity contribution in [1.82, 2.24) is 0 Å². The average molecular weight is 561 g/mol. The summed E-state index contributed by atoms with van der Waals surface area (Å²) in [5.41, 5.74) is 12.1. The van der Waals surface area contributed by atoms with Gasteiger partial charge in [0.25, 0.3) is 0 Å². The molecular weight excluding hydrogens is 532 g/mol. The van der Waals surface area contributed by atoms with Gasteiger partial charge in [0.2, 0.25) is 0 Å². The van der Waals surface area contributed by atoms with Crippen molar-refractivity contribution < 1.29 is 4.42 Å². The Kier molecular flexibility index (Phi) is 4.58. The number of fused-ring (bicyclic) bond motifs is 6. The summed E-state index contributed by atoms with van der Waals surface area (Å²) in [6.45, 7) is 4.68. The van der Waals surface area contributed by atoms with Gasteiger partial charge >= 0.3 is 0 Å². The molecule has 0 bridgehead atoms. The van der Waals surface area contributed by atoms with Crippen LogP contribution in [0.25, 0.3) is 87.6 Å². The van der Waals surface area contributed by atoms with E-state index in [4.69, 9.17) is 4.42 Å². The fourth-order valence-electron chi connectivity index (χ4n) is 8.11. The van der Waals surface area contributed by atoms with E-state index in [1.54, 1.807) is 0 Å². The highest BCUT2D eigenvalue weighted by atomic mass is 16.3. The number of benzene rings is 8. The quantitative estimate of drug-likeness (QED) is 0.192. The Morgan fingerprint density at radius 1 is 0.432 bits per heavy atom. The first kappa shape index (κ1) is 24.1. The topological polar surface area (TPSA) is 13.1 Å². The van der Waals surface area contributed by atoms with Crippen LogP contribution >= 0.6 is 0 Å². The van der Waals surface area contributed by atoms with Crippen LogP contribution in [0, 0.1) is 0 Å². The second-order valence-electron chi connectivity index (χ2n) is 12.9. The third-order valence-corrected chi connectivity index (χ3v) is 10.2. The molecule has 0 radical (unpaired) electrons. The largest absolute Gasteiger partial charge is 0.455 e. The van der Waals surface area contributed by atoms with E-state index in [2.05, 4.69) is 147 Å². The highest BCUT2D eigenvalue weighted by Crippen LogP contribution is 2.51. The number of rotatable bonds is 2. The molecule has 0 unspecified atom stereocenters. The van der Waals surface area contributed by atoms with Crippen LogP contribution in [0.3, 0.4) is 0 Å². The van der Waals surface area contributed by atoms with Crippen molar-refractivity contribution in [2.24, 2.45) is 0 Å². The van der Waals surface area contributed by atoms with Crippen LogP contribution < -0.4 is 0 Å². The standard InChI is InChI=1S/C43H28O/c1-43(2)37-14-7-6-11-30(37)35-24-39-36(23-38(35)43)34-13-8-12-33(42(34)44-39)29-20-16-27-17-21-31-28(25-9-4-3-5-10-25)19-15-26-18-22-32(29)41(27)40(26)31/h3-24H,1-2H3. The summed E-state index contributed by atoms with van der Waals surface area (Å²) in [5.74, 6) is 0. The van der Waals surface area contributed by atoms with Gasteiger partial charge < -0.3 is 4.42 Å². The van der Waals surface area contributed by atoms with Crippen LogP contribution in [-0.2, 0) is 5.41 Å². The number of hydrogen-bond donors (Lipinski definition) is 0. The predicted octanol–water partition coefficient (Wildman–Crippen LogP) is 12.1. The minimum Gasteiger partial charge on any atom is -0.455 e. The number of furan rings is 1. The monoisotopic (exact) mass is 560 g/mol. The Labute approximate surface area is 255 Å². The second kappa shape index (κ2) is 8.36. The van der Waals surface area contributed by atoms with Crippen molar-refractivity contribution in [2.45, 2.75) is 19.3 Å². The lowest BCUT2D eigenvalue weighted by atomic mass is 9.82. The fourth-order valence-corrected chi connectivity index (χ4v) is 8.11. The molecule has 0 amide bonds. The van der Waals surface area contributed by atoms with E-state index in [0.717, 1.165) is 16.7 Å². The minimum absolute atomic E-state index is 0.0496. The van der Waals surface area contributed by atoms with Gasteiger partial charge in [0.15, 0.2) is 0 Å². The van der Waals surface area contributed by atoms with E-state index in [9.17, 15) is 0 Å². The van der Waals surface area contributed by atoms with Crippen molar-refractivity contribution in [1.29, 1.82) is 0 Å². The first-order valence-corrected chi connectivity index (χ1v) is 15.4. The van der Waals surface area contributed by atoms with Gasteiger partial charge in [-0.15, -0.1) is 0 Å². The van der Waals surface area contributed by atoms with Crippen LogP contribution in [-0.4, -0.2) is 0 Å². The third kappa shape index (κ3) is 3.04. The van der Waals surface area contributed by atoms with Crippen LogP contribution in [0.5, 0.6) is 0 Å². The molecular formula is C43H28O. The molecule has 44 heavy (non-hydrogen) atoms. The van der Waals surface area contributed by atoms with Crippen molar-refractivity contribution >= 4 is 54.3 Å². The Balaban J connectivity index is 1.24. The molecule has 0 saturated carbocycles. The van der Waals surface area contributed by atoms with Gasteiger partial charge in [-0.3, -0.25) is 0 Å². The highest BCUT2D eigenvalue weighted by molar-refractivity contribution is 6.28. The third-order valence-electron chi connectivity index (χ3n) is 10.2. The van der Waals surface area contributed by atoms with Gasteiger partial charge in [-0.05, 0) is 83.4 Å². The summed E-state index contributed by atoms with van der Waals surface area (Å²) >= 11 is 0. The summed E-state index contributed by atoms with van der Waals surface area (Å²) in [5, 5.41) is 10.1. The fraction of sp³-hybridized carbons (Fsp3) is 0.0698. The van der Waals surface area contributed by atoms with Crippen molar-refractivity contribution in [3.63, 3.8) is 0 Å². The molecule has 0 N–H and O–H groups in total. The molecule has 0 atom stereocenters. The first-order chi connectivity index (χ1) is 21.6. The predicted molar refractivity (Wildman–Crippen MR) is 186 cm³/mol. The lowest BCUT2D eigenvalue weighted by Gasteiger charge is -2.21. The molecule has 1 aromatic heterocycles. The number of hydrogen-bond acceptors (Lipinski definition) is 1. The molecule has 206 valence electrons. The Hall–Kier alpha value is -5.40. The molecule has 1 aliphatic carbocycles. The molecule has 8 aromatic carbocycles. The molecule has 1 heterocycles. The van der Waals surface area contributed by atoms with Gasteiger partial charge in [-0.2, -0.15) is 0 Å². The van der Waals surface area contributed by atoms with Crippen LogP contribution in [0.15, 0.2) is 138 Å². The molecule has 0 aliphatic heterocycles. The molecule has 0 fully saturated rings. The summed E-state index contributed by atoms with van der Waals surface area (Å²) in [6, 6.07) is 49.1. The van der Waals surface area contributed by atoms with E-state index in [1.165, 1.54) is 82.0 Å². The van der Waals surface area contributed by atoms with Crippen molar-refractivity contribution in [2.75, 3.05) is 0 Å². The molecule has 1 nitrogen and oxygen atoms in total. The van der Waals surface area contributed by atoms with Gasteiger partial charge in [0, 0.05) is 21.8 Å². The molecule has 0 saturated heterocycles. The van der Waals surface area contributed by atoms with Crippen molar-refractivity contribution in [3.05, 3.63) is 145 Å². The lowest BCUT2D eigenvalue weighted by Crippen LogP contribution is -2.14. The minimum atomic E-state index is -0.0496. The molecule has 10 rings (SSSR count). The van der Waals surface area contributed by atoms with Crippen molar-refractivity contribution in [3.8, 4) is 33.4 Å². The zero-order chi connectivity index (χ0) is 29.2. The zero-order valence-electron chi connectivity index (χ0n) is 24.6. The van der Waals surface area contributed by atoms with Gasteiger partial charge in [0.1, 0.15) is 11.2 Å². The Morgan fingerprint density at radius 3 is 1.89 bits per heavy atom. The van der Waals surface area contributed by atoms with E-state index in [1.807, 2.05) is 0 Å². The lowest BCUT2D eigenvalue weighted by molar-refractivity contribution is 0.658. The molecule has 1 aliphatic rings. The summed E-state index contributed by atoms with van der Waals surface area (Å²) < 4.78 is 6.81. The van der Waals surface area contributed by atoms with Crippen LogP contribution in [0.2, 0.25) is 0 Å². The molecule has 0 spiro atoms. The molecule has 9 aromatic rings. The van der Waals surface area contributed by atoms with Gasteiger partial charge in [0.05, 0.1) is 0 Å². The summed E-state index contributed by atoms with van der Waals surface area (Å²) in [7, 11) is 0. The van der Waals surface area contributed by atoms with E-state index >= 15 is 0 Å². The van der Waals surface area contributed by atoms with Gasteiger partial charge in [-0.25, -0.2) is 0 Å². The first-order valence-electron chi connectivity index (χ1n) is 15.4. The highest BCUT2D eigenvalue weighted by Gasteiger charge is 2.36. The van der Waals surface area contributed by atoms with Crippen LogP contribution in [0.1, 0.15) is 25.0 Å². The maximum atomic E-state index is 6.81. The van der Waals surface area contributed by atoms with E-state index in [-0.39, 0.29) is 5.41 Å². The second-order valence-corrected chi connectivity index (χ2v) is 12.9.